The van der Waals surface area contributed by atoms with E-state index in [9.17, 15) is 9.59 Å². The molecule has 0 atom stereocenters. The Kier molecular flexibility index (Phi) is 3.13. The van der Waals surface area contributed by atoms with Crippen LogP contribution < -0.4 is 0 Å². The van der Waals surface area contributed by atoms with Crippen molar-refractivity contribution >= 4 is 17.4 Å². The van der Waals surface area contributed by atoms with Gasteiger partial charge < -0.3 is 0 Å². The molecule has 0 saturated heterocycles. The molecule has 2 heterocycles. The maximum atomic E-state index is 12.3. The summed E-state index contributed by atoms with van der Waals surface area (Å²) >= 11 is 0. The summed E-state index contributed by atoms with van der Waals surface area (Å²) in [5.74, 6) is -0.551. The van der Waals surface area contributed by atoms with Crippen LogP contribution in [-0.2, 0) is 16.1 Å². The van der Waals surface area contributed by atoms with Crippen LogP contribution in [0, 0.1) is 0 Å². The van der Waals surface area contributed by atoms with Crippen molar-refractivity contribution in [3.8, 4) is 0 Å². The molecule has 0 spiro atoms. The number of nitrogens with zero attached hydrogens (tertiary/aromatic N) is 2. The highest BCUT2D eigenvalue weighted by atomic mass is 16.2. The first-order valence-corrected chi connectivity index (χ1v) is 6.27. The number of pyridine rings is 1. The maximum Gasteiger partial charge on any atom is 0.261 e. The molecule has 0 N–H and O–H groups in total. The highest BCUT2D eigenvalue weighted by molar-refractivity contribution is 6.33. The number of amides is 2. The van der Waals surface area contributed by atoms with Gasteiger partial charge in [-0.15, -0.1) is 0 Å². The predicted octanol–water partition coefficient (Wildman–Crippen LogP) is 2.03. The predicted molar refractivity (Wildman–Crippen MR) is 74.2 cm³/mol. The quantitative estimate of drug-likeness (QED) is 0.797. The molecule has 0 unspecified atom stereocenters. The molecule has 0 saturated carbocycles. The van der Waals surface area contributed by atoms with E-state index in [2.05, 4.69) is 4.98 Å². The van der Waals surface area contributed by atoms with E-state index in [0.717, 1.165) is 5.56 Å². The Morgan fingerprint density at radius 3 is 2.50 bits per heavy atom. The minimum Gasteiger partial charge on any atom is -0.270 e. The van der Waals surface area contributed by atoms with Crippen LogP contribution >= 0.6 is 0 Å². The molecule has 0 radical (unpaired) electrons. The largest absolute Gasteiger partial charge is 0.270 e. The van der Waals surface area contributed by atoms with E-state index >= 15 is 0 Å². The first-order valence-electron chi connectivity index (χ1n) is 6.27. The Bertz CT molecular complexity index is 678. The number of hydrogen-bond donors (Lipinski definition) is 0. The lowest BCUT2D eigenvalue weighted by Gasteiger charge is -2.14. The van der Waals surface area contributed by atoms with Gasteiger partial charge in [0, 0.05) is 24.0 Å². The van der Waals surface area contributed by atoms with Gasteiger partial charge in [-0.25, -0.2) is 0 Å². The van der Waals surface area contributed by atoms with Gasteiger partial charge in [-0.3, -0.25) is 19.5 Å². The standard InChI is InChI=1S/C16H12N2O2/c19-15-9-14(13-7-4-8-17-10-13)16(20)18(15)11-12-5-2-1-3-6-12/h1-10H,11H2. The van der Waals surface area contributed by atoms with Gasteiger partial charge >= 0.3 is 0 Å². The summed E-state index contributed by atoms with van der Waals surface area (Å²) in [7, 11) is 0. The average molecular weight is 264 g/mol. The van der Waals surface area contributed by atoms with Crippen LogP contribution in [-0.4, -0.2) is 21.7 Å². The zero-order valence-electron chi connectivity index (χ0n) is 10.7. The summed E-state index contributed by atoms with van der Waals surface area (Å²) in [4.78, 5) is 29.5. The maximum absolute atomic E-state index is 12.3. The van der Waals surface area contributed by atoms with Crippen molar-refractivity contribution in [2.75, 3.05) is 0 Å². The van der Waals surface area contributed by atoms with Gasteiger partial charge in [0.15, 0.2) is 0 Å². The molecule has 4 nitrogen and oxygen atoms in total. The van der Waals surface area contributed by atoms with Crippen LogP contribution in [0.3, 0.4) is 0 Å². The zero-order chi connectivity index (χ0) is 13.9. The number of aromatic nitrogens is 1. The van der Waals surface area contributed by atoms with Gasteiger partial charge in [0.2, 0.25) is 0 Å². The smallest absolute Gasteiger partial charge is 0.261 e. The van der Waals surface area contributed by atoms with Crippen molar-refractivity contribution in [3.05, 3.63) is 72.1 Å². The summed E-state index contributed by atoms with van der Waals surface area (Å²) in [6.45, 7) is 0.290. The van der Waals surface area contributed by atoms with E-state index in [1.165, 1.54) is 11.0 Å². The van der Waals surface area contributed by atoms with Crippen molar-refractivity contribution in [2.45, 2.75) is 6.54 Å². The Balaban J connectivity index is 1.84. The van der Waals surface area contributed by atoms with Crippen LogP contribution in [0.4, 0.5) is 0 Å². The number of benzene rings is 1. The molecule has 20 heavy (non-hydrogen) atoms. The summed E-state index contributed by atoms with van der Waals surface area (Å²) in [5, 5.41) is 0. The van der Waals surface area contributed by atoms with Crippen LogP contribution in [0.25, 0.3) is 5.57 Å². The molecule has 1 aromatic heterocycles. The van der Waals surface area contributed by atoms with Crippen molar-refractivity contribution in [1.82, 2.24) is 9.88 Å². The van der Waals surface area contributed by atoms with E-state index in [0.29, 0.717) is 17.7 Å². The van der Waals surface area contributed by atoms with E-state index < -0.39 is 0 Å². The number of carbonyl (C=O) groups is 2. The minimum absolute atomic E-state index is 0.271. The molecule has 1 aliphatic heterocycles. The molecule has 1 aromatic carbocycles. The van der Waals surface area contributed by atoms with E-state index in [4.69, 9.17) is 0 Å². The number of imide groups is 1. The molecular weight excluding hydrogens is 252 g/mol. The summed E-state index contributed by atoms with van der Waals surface area (Å²) in [5.41, 5.74) is 2.00. The van der Waals surface area contributed by atoms with Crippen LogP contribution in [0.1, 0.15) is 11.1 Å². The molecule has 3 rings (SSSR count). The molecule has 2 amide bonds. The van der Waals surface area contributed by atoms with Gasteiger partial charge in [0.25, 0.3) is 11.8 Å². The summed E-state index contributed by atoms with van der Waals surface area (Å²) < 4.78 is 0. The van der Waals surface area contributed by atoms with Crippen molar-refractivity contribution < 1.29 is 9.59 Å². The minimum atomic E-state index is -0.280. The number of carbonyl (C=O) groups excluding carboxylic acids is 2. The molecule has 0 aliphatic carbocycles. The van der Waals surface area contributed by atoms with E-state index in [1.54, 1.807) is 24.5 Å². The third kappa shape index (κ3) is 2.23. The molecule has 1 aliphatic rings. The highest BCUT2D eigenvalue weighted by Crippen LogP contribution is 2.24. The van der Waals surface area contributed by atoms with E-state index in [1.807, 2.05) is 30.3 Å². The Hall–Kier alpha value is -2.75. The fourth-order valence-electron chi connectivity index (χ4n) is 2.15. The first kappa shape index (κ1) is 12.3. The summed E-state index contributed by atoms with van der Waals surface area (Å²) in [6.07, 6.45) is 4.60. The SMILES string of the molecule is O=C1C=C(c2cccnc2)C(=O)N1Cc1ccccc1. The lowest BCUT2D eigenvalue weighted by atomic mass is 10.1. The van der Waals surface area contributed by atoms with Gasteiger partial charge in [-0.2, -0.15) is 0 Å². The normalized spacial score (nSPS) is 14.6. The van der Waals surface area contributed by atoms with E-state index in [-0.39, 0.29) is 11.8 Å². The fourth-order valence-corrected chi connectivity index (χ4v) is 2.15. The Morgan fingerprint density at radius 2 is 1.80 bits per heavy atom. The summed E-state index contributed by atoms with van der Waals surface area (Å²) in [6, 6.07) is 13.0. The molecule has 0 fully saturated rings. The monoisotopic (exact) mass is 264 g/mol. The fraction of sp³-hybridized carbons (Fsp3) is 0.0625. The Morgan fingerprint density at radius 1 is 1.00 bits per heavy atom. The molecule has 0 bridgehead atoms. The number of hydrogen-bond acceptors (Lipinski definition) is 3. The second kappa shape index (κ2) is 5.09. The third-order valence-electron chi connectivity index (χ3n) is 3.17. The van der Waals surface area contributed by atoms with Crippen LogP contribution in [0.5, 0.6) is 0 Å². The van der Waals surface area contributed by atoms with Gasteiger partial charge in [-0.1, -0.05) is 36.4 Å². The average Bonchev–Trinajstić information content (AvgIpc) is 2.77. The van der Waals surface area contributed by atoms with Crippen molar-refractivity contribution in [2.24, 2.45) is 0 Å². The lowest BCUT2D eigenvalue weighted by Crippen LogP contribution is -2.30. The second-order valence-electron chi connectivity index (χ2n) is 4.51. The van der Waals surface area contributed by atoms with Crippen LogP contribution in [0.2, 0.25) is 0 Å². The van der Waals surface area contributed by atoms with Gasteiger partial charge in [0.05, 0.1) is 12.1 Å². The van der Waals surface area contributed by atoms with Crippen molar-refractivity contribution in [1.29, 1.82) is 0 Å². The molecule has 4 heteroatoms. The Labute approximate surface area is 116 Å². The third-order valence-corrected chi connectivity index (χ3v) is 3.17. The van der Waals surface area contributed by atoms with Gasteiger partial charge in [0.1, 0.15) is 0 Å². The second-order valence-corrected chi connectivity index (χ2v) is 4.51. The highest BCUT2D eigenvalue weighted by Gasteiger charge is 2.31. The van der Waals surface area contributed by atoms with Crippen LogP contribution in [0.15, 0.2) is 60.9 Å². The zero-order valence-corrected chi connectivity index (χ0v) is 10.7. The van der Waals surface area contributed by atoms with Crippen molar-refractivity contribution in [3.63, 3.8) is 0 Å². The number of rotatable bonds is 3. The molecular formula is C16H12N2O2. The lowest BCUT2D eigenvalue weighted by molar-refractivity contribution is -0.137. The van der Waals surface area contributed by atoms with Gasteiger partial charge in [-0.05, 0) is 11.6 Å². The topological polar surface area (TPSA) is 50.3 Å². The molecule has 2 aromatic rings. The first-order chi connectivity index (χ1) is 9.75. The molecule has 98 valence electrons.